The lowest BCUT2D eigenvalue weighted by molar-refractivity contribution is -0.116. The van der Waals surface area contributed by atoms with Crippen LogP contribution in [0.25, 0.3) is 0 Å². The Morgan fingerprint density at radius 1 is 1.47 bits per heavy atom. The van der Waals surface area contributed by atoms with Crippen LogP contribution in [0.5, 0.6) is 0 Å². The zero-order chi connectivity index (χ0) is 13.7. The van der Waals surface area contributed by atoms with E-state index in [4.69, 9.17) is 0 Å². The van der Waals surface area contributed by atoms with Gasteiger partial charge in [-0.15, -0.1) is 16.4 Å². The molecule has 0 aliphatic carbocycles. The lowest BCUT2D eigenvalue weighted by Crippen LogP contribution is -2.27. The van der Waals surface area contributed by atoms with Gasteiger partial charge in [0, 0.05) is 13.0 Å². The van der Waals surface area contributed by atoms with E-state index in [9.17, 15) is 9.59 Å². The summed E-state index contributed by atoms with van der Waals surface area (Å²) in [6.07, 6.45) is 0.171. The third kappa shape index (κ3) is 3.88. The molecule has 2 aromatic heterocycles. The van der Waals surface area contributed by atoms with Gasteiger partial charge < -0.3 is 5.32 Å². The molecule has 0 aliphatic rings. The first kappa shape index (κ1) is 13.2. The number of nitrogens with one attached hydrogen (secondary N) is 3. The molecule has 0 aliphatic heterocycles. The summed E-state index contributed by atoms with van der Waals surface area (Å²) in [6, 6.07) is 3.54. The van der Waals surface area contributed by atoms with E-state index in [0.29, 0.717) is 10.7 Å². The van der Waals surface area contributed by atoms with Gasteiger partial charge in [0.05, 0.1) is 4.88 Å². The Bertz CT molecular complexity index is 563. The van der Waals surface area contributed by atoms with Crippen molar-refractivity contribution in [2.45, 2.75) is 13.3 Å². The molecule has 0 atom stereocenters. The molecular weight excluding hydrogens is 266 g/mol. The normalized spacial score (nSPS) is 10.2. The lowest BCUT2D eigenvalue weighted by Gasteiger charge is -2.03. The molecule has 2 aromatic rings. The topological polar surface area (TPSA) is 99.8 Å². The molecule has 0 saturated carbocycles. The van der Waals surface area contributed by atoms with Crippen LogP contribution in [-0.2, 0) is 4.79 Å². The molecule has 2 rings (SSSR count). The van der Waals surface area contributed by atoms with Crippen LogP contribution in [0.15, 0.2) is 17.5 Å². The molecule has 8 heteroatoms. The molecule has 100 valence electrons. The van der Waals surface area contributed by atoms with Crippen LogP contribution in [0, 0.1) is 6.92 Å². The molecule has 3 N–H and O–H groups in total. The van der Waals surface area contributed by atoms with E-state index < -0.39 is 0 Å². The van der Waals surface area contributed by atoms with Crippen molar-refractivity contribution in [2.24, 2.45) is 0 Å². The number of carbonyl (C=O) groups is 2. The maximum absolute atomic E-state index is 11.6. The fourth-order valence-electron chi connectivity index (χ4n) is 1.37. The molecule has 0 fully saturated rings. The summed E-state index contributed by atoms with van der Waals surface area (Å²) in [5.74, 6) is 0.454. The second-order valence-corrected chi connectivity index (χ2v) is 4.72. The number of aromatic nitrogens is 3. The quantitative estimate of drug-likeness (QED) is 0.758. The van der Waals surface area contributed by atoms with Crippen molar-refractivity contribution < 1.29 is 9.59 Å². The van der Waals surface area contributed by atoms with E-state index in [1.54, 1.807) is 19.1 Å². The molecule has 2 amide bonds. The van der Waals surface area contributed by atoms with Crippen molar-refractivity contribution in [3.05, 3.63) is 28.2 Å². The second kappa shape index (κ2) is 6.10. The zero-order valence-electron chi connectivity index (χ0n) is 10.3. The number of rotatable bonds is 5. The van der Waals surface area contributed by atoms with Crippen LogP contribution >= 0.6 is 11.3 Å². The summed E-state index contributed by atoms with van der Waals surface area (Å²) < 4.78 is 0. The number of aromatic amines is 1. The Balaban J connectivity index is 1.71. The highest BCUT2D eigenvalue weighted by Crippen LogP contribution is 2.07. The van der Waals surface area contributed by atoms with Gasteiger partial charge in [-0.2, -0.15) is 4.98 Å². The van der Waals surface area contributed by atoms with Gasteiger partial charge in [-0.25, -0.2) is 0 Å². The van der Waals surface area contributed by atoms with Crippen molar-refractivity contribution in [1.29, 1.82) is 0 Å². The van der Waals surface area contributed by atoms with E-state index in [1.165, 1.54) is 11.3 Å². The molecule has 19 heavy (non-hydrogen) atoms. The lowest BCUT2D eigenvalue weighted by atomic mass is 10.3. The highest BCUT2D eigenvalue weighted by molar-refractivity contribution is 7.12. The Labute approximate surface area is 113 Å². The third-order valence-electron chi connectivity index (χ3n) is 2.23. The van der Waals surface area contributed by atoms with Crippen LogP contribution in [0.4, 0.5) is 5.95 Å². The summed E-state index contributed by atoms with van der Waals surface area (Å²) in [4.78, 5) is 27.7. The molecule has 0 aromatic carbocycles. The van der Waals surface area contributed by atoms with Crippen molar-refractivity contribution >= 4 is 29.1 Å². The zero-order valence-corrected chi connectivity index (χ0v) is 11.1. The summed E-state index contributed by atoms with van der Waals surface area (Å²) in [6.45, 7) is 2.01. The number of aryl methyl sites for hydroxylation is 1. The van der Waals surface area contributed by atoms with Crippen LogP contribution in [-0.4, -0.2) is 33.5 Å². The summed E-state index contributed by atoms with van der Waals surface area (Å²) in [5.41, 5.74) is 0. The van der Waals surface area contributed by atoms with Gasteiger partial charge in [0.15, 0.2) is 0 Å². The van der Waals surface area contributed by atoms with Crippen LogP contribution in [0.3, 0.4) is 0 Å². The van der Waals surface area contributed by atoms with Gasteiger partial charge in [0.1, 0.15) is 5.82 Å². The highest BCUT2D eigenvalue weighted by Gasteiger charge is 2.08. The first-order chi connectivity index (χ1) is 9.15. The van der Waals surface area contributed by atoms with Crippen molar-refractivity contribution in [3.63, 3.8) is 0 Å². The number of carbonyl (C=O) groups excluding carboxylic acids is 2. The van der Waals surface area contributed by atoms with Crippen molar-refractivity contribution in [3.8, 4) is 0 Å². The maximum atomic E-state index is 11.6. The van der Waals surface area contributed by atoms with Gasteiger partial charge in [-0.3, -0.25) is 20.0 Å². The Kier molecular flexibility index (Phi) is 4.24. The molecule has 0 saturated heterocycles. The monoisotopic (exact) mass is 279 g/mol. The standard InChI is InChI=1S/C11H13N5O2S/c1-7-13-11(16-15-7)14-9(17)4-5-12-10(18)8-3-2-6-19-8/h2-3,6H,4-5H2,1H3,(H,12,18)(H2,13,14,15,16,17). The summed E-state index contributed by atoms with van der Waals surface area (Å²) in [7, 11) is 0. The first-order valence-electron chi connectivity index (χ1n) is 5.65. The molecule has 7 nitrogen and oxygen atoms in total. The van der Waals surface area contributed by atoms with Gasteiger partial charge in [-0.05, 0) is 18.4 Å². The maximum Gasteiger partial charge on any atom is 0.261 e. The van der Waals surface area contributed by atoms with E-state index in [-0.39, 0.29) is 30.7 Å². The molecule has 0 spiro atoms. The van der Waals surface area contributed by atoms with Crippen molar-refractivity contribution in [2.75, 3.05) is 11.9 Å². The summed E-state index contributed by atoms with van der Waals surface area (Å²) in [5, 5.41) is 13.4. The van der Waals surface area contributed by atoms with Gasteiger partial charge >= 0.3 is 0 Å². The first-order valence-corrected chi connectivity index (χ1v) is 6.53. The molecule has 0 unspecified atom stereocenters. The smallest absolute Gasteiger partial charge is 0.261 e. The van der Waals surface area contributed by atoms with Crippen LogP contribution in [0.1, 0.15) is 21.9 Å². The predicted molar refractivity (Wildman–Crippen MR) is 71.0 cm³/mol. The predicted octanol–water partition coefficient (Wildman–Crippen LogP) is 0.933. The number of hydrogen-bond donors (Lipinski definition) is 3. The Morgan fingerprint density at radius 2 is 2.32 bits per heavy atom. The minimum absolute atomic E-state index is 0.170. The third-order valence-corrected chi connectivity index (χ3v) is 3.10. The molecule has 0 radical (unpaired) electrons. The van der Waals surface area contributed by atoms with E-state index in [1.807, 2.05) is 5.38 Å². The van der Waals surface area contributed by atoms with E-state index in [0.717, 1.165) is 0 Å². The number of thiophene rings is 1. The average Bonchev–Trinajstić information content (AvgIpc) is 3.00. The molecule has 0 bridgehead atoms. The average molecular weight is 279 g/mol. The van der Waals surface area contributed by atoms with Gasteiger partial charge in [0.2, 0.25) is 11.9 Å². The minimum atomic E-state index is -0.245. The number of nitrogens with zero attached hydrogens (tertiary/aromatic N) is 2. The number of H-pyrrole nitrogens is 1. The van der Waals surface area contributed by atoms with E-state index in [2.05, 4.69) is 25.8 Å². The number of amides is 2. The second-order valence-electron chi connectivity index (χ2n) is 3.78. The van der Waals surface area contributed by atoms with Crippen LogP contribution in [0.2, 0.25) is 0 Å². The van der Waals surface area contributed by atoms with Crippen molar-refractivity contribution in [1.82, 2.24) is 20.5 Å². The minimum Gasteiger partial charge on any atom is -0.351 e. The summed E-state index contributed by atoms with van der Waals surface area (Å²) >= 11 is 1.36. The Morgan fingerprint density at radius 3 is 2.95 bits per heavy atom. The van der Waals surface area contributed by atoms with Gasteiger partial charge in [0.25, 0.3) is 5.91 Å². The van der Waals surface area contributed by atoms with Crippen LogP contribution < -0.4 is 10.6 Å². The number of hydrogen-bond acceptors (Lipinski definition) is 5. The number of anilines is 1. The van der Waals surface area contributed by atoms with E-state index >= 15 is 0 Å². The Hall–Kier alpha value is -2.22. The van der Waals surface area contributed by atoms with Gasteiger partial charge in [-0.1, -0.05) is 6.07 Å². The highest BCUT2D eigenvalue weighted by atomic mass is 32.1. The molecule has 2 heterocycles. The molecular formula is C11H13N5O2S. The fourth-order valence-corrected chi connectivity index (χ4v) is 2.01. The SMILES string of the molecule is Cc1nc(NC(=O)CCNC(=O)c2cccs2)n[nH]1. The largest absolute Gasteiger partial charge is 0.351 e. The fraction of sp³-hybridized carbons (Fsp3) is 0.273.